The van der Waals surface area contributed by atoms with Gasteiger partial charge in [-0.15, -0.1) is 32.9 Å². The molecule has 0 unspecified atom stereocenters. The zero-order valence-electron chi connectivity index (χ0n) is 15.9. The second-order valence-corrected chi connectivity index (χ2v) is 9.14. The molecule has 0 bridgehead atoms. The van der Waals surface area contributed by atoms with Crippen LogP contribution in [0.25, 0.3) is 11.4 Å². The zero-order chi connectivity index (χ0) is 20.3. The molecule has 0 saturated heterocycles. The Labute approximate surface area is 175 Å². The van der Waals surface area contributed by atoms with Gasteiger partial charge in [-0.1, -0.05) is 18.7 Å². The number of nitrogens with one attached hydrogen (secondary N) is 1. The van der Waals surface area contributed by atoms with E-state index in [0.717, 1.165) is 22.7 Å². The van der Waals surface area contributed by atoms with Crippen molar-refractivity contribution in [2.24, 2.45) is 7.05 Å². The predicted octanol–water partition coefficient (Wildman–Crippen LogP) is 3.99. The van der Waals surface area contributed by atoms with Crippen molar-refractivity contribution in [3.8, 4) is 11.4 Å². The number of esters is 1. The fourth-order valence-corrected chi connectivity index (χ4v) is 4.98. The number of aryl methyl sites for hydroxylation is 2. The maximum absolute atomic E-state index is 12.4. The third-order valence-electron chi connectivity index (χ3n) is 3.94. The number of thiophene rings is 2. The first-order valence-electron chi connectivity index (χ1n) is 8.51. The van der Waals surface area contributed by atoms with E-state index in [0.29, 0.717) is 15.7 Å². The molecule has 3 rings (SSSR count). The summed E-state index contributed by atoms with van der Waals surface area (Å²) >= 11 is 4.34. The van der Waals surface area contributed by atoms with Crippen molar-refractivity contribution in [2.45, 2.75) is 25.4 Å². The minimum Gasteiger partial charge on any atom is -0.465 e. The number of hydrogen-bond donors (Lipinski definition) is 1. The molecule has 1 N–H and O–H groups in total. The summed E-state index contributed by atoms with van der Waals surface area (Å²) in [5.41, 5.74) is 1.40. The molecule has 7 nitrogen and oxygen atoms in total. The molecule has 3 aromatic heterocycles. The van der Waals surface area contributed by atoms with Crippen LogP contribution in [0.5, 0.6) is 0 Å². The lowest BCUT2D eigenvalue weighted by Crippen LogP contribution is -2.16. The molecule has 3 heterocycles. The average Bonchev–Trinajstić information content (AvgIpc) is 3.38. The second-order valence-electron chi connectivity index (χ2n) is 5.95. The molecule has 10 heteroatoms. The molecule has 0 saturated carbocycles. The SMILES string of the molecule is CCc1cc(-c2nnc(SCC(=O)Nc3sc(C)cc3C(=O)OC)n2C)cs1. The molecule has 0 radical (unpaired) electrons. The first-order chi connectivity index (χ1) is 13.4. The lowest BCUT2D eigenvalue weighted by molar-refractivity contribution is -0.113. The smallest absolute Gasteiger partial charge is 0.340 e. The third-order valence-corrected chi connectivity index (χ3v) is 7.01. The lowest BCUT2D eigenvalue weighted by atomic mass is 10.2. The summed E-state index contributed by atoms with van der Waals surface area (Å²) < 4.78 is 6.65. The molecule has 28 heavy (non-hydrogen) atoms. The summed E-state index contributed by atoms with van der Waals surface area (Å²) in [7, 11) is 3.20. The Morgan fingerprint density at radius 2 is 2.11 bits per heavy atom. The van der Waals surface area contributed by atoms with E-state index in [9.17, 15) is 9.59 Å². The van der Waals surface area contributed by atoms with Crippen LogP contribution in [0.1, 0.15) is 27.0 Å². The van der Waals surface area contributed by atoms with E-state index in [-0.39, 0.29) is 11.7 Å². The molecular weight excluding hydrogens is 416 g/mol. The third kappa shape index (κ3) is 4.45. The van der Waals surface area contributed by atoms with Gasteiger partial charge >= 0.3 is 5.97 Å². The maximum Gasteiger partial charge on any atom is 0.340 e. The number of rotatable bonds is 7. The average molecular weight is 437 g/mol. The number of ether oxygens (including phenoxy) is 1. The van der Waals surface area contributed by atoms with Crippen LogP contribution in [-0.4, -0.2) is 39.5 Å². The number of carbonyl (C=O) groups excluding carboxylic acids is 2. The van der Waals surface area contributed by atoms with Crippen molar-refractivity contribution < 1.29 is 14.3 Å². The predicted molar refractivity (Wildman–Crippen MR) is 113 cm³/mol. The van der Waals surface area contributed by atoms with Crippen molar-refractivity contribution in [2.75, 3.05) is 18.2 Å². The zero-order valence-corrected chi connectivity index (χ0v) is 18.4. The Kier molecular flexibility index (Phi) is 6.53. The van der Waals surface area contributed by atoms with Gasteiger partial charge in [0.15, 0.2) is 11.0 Å². The number of anilines is 1. The normalized spacial score (nSPS) is 10.9. The number of aromatic nitrogens is 3. The molecule has 1 amide bonds. The van der Waals surface area contributed by atoms with E-state index < -0.39 is 5.97 Å². The Balaban J connectivity index is 1.65. The van der Waals surface area contributed by atoms with Crippen molar-refractivity contribution in [1.29, 1.82) is 0 Å². The van der Waals surface area contributed by atoms with Gasteiger partial charge in [0.25, 0.3) is 0 Å². The Bertz CT molecular complexity index is 1010. The van der Waals surface area contributed by atoms with Crippen LogP contribution >= 0.6 is 34.4 Å². The molecule has 0 aromatic carbocycles. The molecule has 0 aliphatic rings. The van der Waals surface area contributed by atoms with Gasteiger partial charge in [0.1, 0.15) is 5.00 Å². The minimum absolute atomic E-state index is 0.160. The van der Waals surface area contributed by atoms with Gasteiger partial charge in [-0.2, -0.15) is 0 Å². The highest BCUT2D eigenvalue weighted by Gasteiger charge is 2.18. The quantitative estimate of drug-likeness (QED) is 0.445. The summed E-state index contributed by atoms with van der Waals surface area (Å²) in [5.74, 6) is 0.256. The van der Waals surface area contributed by atoms with Crippen molar-refractivity contribution in [3.63, 3.8) is 0 Å². The van der Waals surface area contributed by atoms with E-state index in [1.54, 1.807) is 17.4 Å². The van der Waals surface area contributed by atoms with Crippen LogP contribution in [0.4, 0.5) is 5.00 Å². The second kappa shape index (κ2) is 8.89. The summed E-state index contributed by atoms with van der Waals surface area (Å²) in [5, 5.41) is 14.5. The van der Waals surface area contributed by atoms with E-state index in [1.165, 1.54) is 35.1 Å². The monoisotopic (exact) mass is 436 g/mol. The summed E-state index contributed by atoms with van der Waals surface area (Å²) in [6.07, 6.45) is 0.986. The van der Waals surface area contributed by atoms with E-state index in [4.69, 9.17) is 4.74 Å². The van der Waals surface area contributed by atoms with Crippen molar-refractivity contribution in [1.82, 2.24) is 14.8 Å². The summed E-state index contributed by atoms with van der Waals surface area (Å²) in [4.78, 5) is 26.4. The highest BCUT2D eigenvalue weighted by Crippen LogP contribution is 2.29. The van der Waals surface area contributed by atoms with Crippen molar-refractivity contribution in [3.05, 3.63) is 32.8 Å². The van der Waals surface area contributed by atoms with Crippen LogP contribution in [0, 0.1) is 6.92 Å². The van der Waals surface area contributed by atoms with Gasteiger partial charge in [0.05, 0.1) is 18.4 Å². The van der Waals surface area contributed by atoms with Crippen molar-refractivity contribution >= 4 is 51.3 Å². The van der Waals surface area contributed by atoms with Crippen LogP contribution in [-0.2, 0) is 23.0 Å². The number of thioether (sulfide) groups is 1. The van der Waals surface area contributed by atoms with Crippen LogP contribution < -0.4 is 5.32 Å². The fourth-order valence-electron chi connectivity index (χ4n) is 2.54. The number of hydrogen-bond acceptors (Lipinski definition) is 8. The minimum atomic E-state index is -0.465. The Morgan fingerprint density at radius 1 is 1.32 bits per heavy atom. The van der Waals surface area contributed by atoms with Gasteiger partial charge in [-0.05, 0) is 25.5 Å². The molecular formula is C18H20N4O3S3. The van der Waals surface area contributed by atoms with Gasteiger partial charge < -0.3 is 14.6 Å². The Hall–Kier alpha value is -2.17. The standard InChI is InChI=1S/C18H20N4O3S3/c1-5-12-7-11(8-26-12)15-20-21-18(22(15)3)27-9-14(23)19-16-13(17(24)25-4)6-10(2)28-16/h6-8H,5,9H2,1-4H3,(H,19,23). The summed E-state index contributed by atoms with van der Waals surface area (Å²) in [6.45, 7) is 3.99. The van der Waals surface area contributed by atoms with E-state index in [2.05, 4.69) is 33.9 Å². The lowest BCUT2D eigenvalue weighted by Gasteiger charge is -2.05. The highest BCUT2D eigenvalue weighted by atomic mass is 32.2. The van der Waals surface area contributed by atoms with Crippen LogP contribution in [0.15, 0.2) is 22.7 Å². The number of nitrogens with zero attached hydrogens (tertiary/aromatic N) is 3. The van der Waals surface area contributed by atoms with Gasteiger partial charge in [0, 0.05) is 27.7 Å². The Morgan fingerprint density at radius 3 is 2.79 bits per heavy atom. The van der Waals surface area contributed by atoms with E-state index >= 15 is 0 Å². The molecule has 148 valence electrons. The fraction of sp³-hybridized carbons (Fsp3) is 0.333. The van der Waals surface area contributed by atoms with Gasteiger partial charge in [-0.25, -0.2) is 4.79 Å². The van der Waals surface area contributed by atoms with E-state index in [1.807, 2.05) is 18.5 Å². The number of carbonyl (C=O) groups is 2. The largest absolute Gasteiger partial charge is 0.465 e. The van der Waals surface area contributed by atoms with Gasteiger partial charge in [-0.3, -0.25) is 4.79 Å². The molecule has 0 atom stereocenters. The maximum atomic E-state index is 12.4. The van der Waals surface area contributed by atoms with Gasteiger partial charge in [0.2, 0.25) is 5.91 Å². The molecule has 0 spiro atoms. The molecule has 3 aromatic rings. The molecule has 0 aliphatic carbocycles. The van der Waals surface area contributed by atoms with Crippen LogP contribution in [0.2, 0.25) is 0 Å². The molecule has 0 aliphatic heterocycles. The first kappa shape index (κ1) is 20.6. The highest BCUT2D eigenvalue weighted by molar-refractivity contribution is 7.99. The molecule has 0 fully saturated rings. The topological polar surface area (TPSA) is 86.1 Å². The summed E-state index contributed by atoms with van der Waals surface area (Å²) in [6, 6.07) is 3.82. The number of methoxy groups -OCH3 is 1. The van der Waals surface area contributed by atoms with Crippen LogP contribution in [0.3, 0.4) is 0 Å². The number of amides is 1. The first-order valence-corrected chi connectivity index (χ1v) is 11.2.